The molecule has 0 aliphatic carbocycles. The second-order valence-electron chi connectivity index (χ2n) is 6.62. The fraction of sp³-hybridized carbons (Fsp3) is 0.381. The minimum absolute atomic E-state index is 0.129. The molecule has 1 saturated heterocycles. The molecule has 144 valence electrons. The number of carbonyl (C=O) groups excluding carboxylic acids is 1. The van der Waals surface area contributed by atoms with Gasteiger partial charge in [-0.2, -0.15) is 0 Å². The molecule has 5 nitrogen and oxygen atoms in total. The SMILES string of the molecule is COc1ccc(CC(=O)N2CCN(c3cccc(Cl)c3C)CC2)cc1OC. The summed E-state index contributed by atoms with van der Waals surface area (Å²) in [6.45, 7) is 5.06. The normalized spacial score (nSPS) is 14.2. The molecule has 1 aliphatic rings. The molecule has 1 amide bonds. The van der Waals surface area contributed by atoms with Crippen LogP contribution in [-0.4, -0.2) is 51.2 Å². The maximum absolute atomic E-state index is 12.7. The highest BCUT2D eigenvalue weighted by molar-refractivity contribution is 6.31. The first-order valence-corrected chi connectivity index (χ1v) is 9.40. The molecule has 1 aliphatic heterocycles. The summed E-state index contributed by atoms with van der Waals surface area (Å²) in [4.78, 5) is 16.9. The first kappa shape index (κ1) is 19.4. The van der Waals surface area contributed by atoms with Crippen molar-refractivity contribution < 1.29 is 14.3 Å². The molecule has 0 atom stereocenters. The zero-order valence-electron chi connectivity index (χ0n) is 16.0. The van der Waals surface area contributed by atoms with Crippen LogP contribution in [0.1, 0.15) is 11.1 Å². The van der Waals surface area contributed by atoms with Gasteiger partial charge in [0.1, 0.15) is 0 Å². The number of piperazine rings is 1. The first-order chi connectivity index (χ1) is 13.0. The van der Waals surface area contributed by atoms with Crippen LogP contribution >= 0.6 is 11.6 Å². The van der Waals surface area contributed by atoms with Crippen molar-refractivity contribution in [3.8, 4) is 11.5 Å². The Balaban J connectivity index is 1.61. The van der Waals surface area contributed by atoms with Gasteiger partial charge in [0.05, 0.1) is 20.6 Å². The lowest BCUT2D eigenvalue weighted by molar-refractivity contribution is -0.130. The molecule has 0 aromatic heterocycles. The Kier molecular flexibility index (Phi) is 6.11. The number of nitrogens with zero attached hydrogens (tertiary/aromatic N) is 2. The van der Waals surface area contributed by atoms with Crippen LogP contribution in [0.5, 0.6) is 11.5 Å². The highest BCUT2D eigenvalue weighted by Crippen LogP contribution is 2.29. The molecule has 0 spiro atoms. The minimum atomic E-state index is 0.129. The molecule has 3 rings (SSSR count). The molecule has 2 aromatic rings. The molecular weight excluding hydrogens is 364 g/mol. The number of carbonyl (C=O) groups is 1. The highest BCUT2D eigenvalue weighted by Gasteiger charge is 2.22. The predicted octanol–water partition coefficient (Wildman–Crippen LogP) is 3.56. The second-order valence-corrected chi connectivity index (χ2v) is 7.03. The topological polar surface area (TPSA) is 42.0 Å². The zero-order chi connectivity index (χ0) is 19.4. The van der Waals surface area contributed by atoms with Crippen molar-refractivity contribution in [2.24, 2.45) is 0 Å². The summed E-state index contributed by atoms with van der Waals surface area (Å²) in [7, 11) is 3.20. The Morgan fingerprint density at radius 1 is 1.04 bits per heavy atom. The van der Waals surface area contributed by atoms with Crippen molar-refractivity contribution in [2.45, 2.75) is 13.3 Å². The molecule has 0 N–H and O–H groups in total. The Bertz CT molecular complexity index is 817. The van der Waals surface area contributed by atoms with E-state index in [4.69, 9.17) is 21.1 Å². The van der Waals surface area contributed by atoms with Crippen LogP contribution < -0.4 is 14.4 Å². The Morgan fingerprint density at radius 3 is 2.41 bits per heavy atom. The van der Waals surface area contributed by atoms with Crippen LogP contribution in [0.25, 0.3) is 0 Å². The van der Waals surface area contributed by atoms with Crippen molar-refractivity contribution in [1.82, 2.24) is 4.90 Å². The number of amides is 1. The largest absolute Gasteiger partial charge is 0.493 e. The van der Waals surface area contributed by atoms with Crippen molar-refractivity contribution in [1.29, 1.82) is 0 Å². The Hall–Kier alpha value is -2.40. The van der Waals surface area contributed by atoms with Gasteiger partial charge in [-0.15, -0.1) is 0 Å². The van der Waals surface area contributed by atoms with Crippen molar-refractivity contribution >= 4 is 23.2 Å². The zero-order valence-corrected chi connectivity index (χ0v) is 16.8. The van der Waals surface area contributed by atoms with E-state index in [2.05, 4.69) is 11.0 Å². The predicted molar refractivity (Wildman–Crippen MR) is 108 cm³/mol. The third-order valence-electron chi connectivity index (χ3n) is 5.02. The fourth-order valence-electron chi connectivity index (χ4n) is 3.41. The molecule has 0 bridgehead atoms. The van der Waals surface area contributed by atoms with Gasteiger partial charge in [0.15, 0.2) is 11.5 Å². The lowest BCUT2D eigenvalue weighted by Crippen LogP contribution is -2.49. The standard InChI is InChI=1S/C21H25ClN2O3/c1-15-17(22)5-4-6-18(15)23-9-11-24(12-10-23)21(25)14-16-7-8-19(26-2)20(13-16)27-3/h4-8,13H,9-12,14H2,1-3H3. The summed E-state index contributed by atoms with van der Waals surface area (Å²) < 4.78 is 10.6. The third-order valence-corrected chi connectivity index (χ3v) is 5.42. The van der Waals surface area contributed by atoms with Crippen LogP contribution in [0.3, 0.4) is 0 Å². The van der Waals surface area contributed by atoms with Gasteiger partial charge in [-0.25, -0.2) is 0 Å². The van der Waals surface area contributed by atoms with Gasteiger partial charge >= 0.3 is 0 Å². The van der Waals surface area contributed by atoms with Crippen LogP contribution in [0.15, 0.2) is 36.4 Å². The summed E-state index contributed by atoms with van der Waals surface area (Å²) in [5.74, 6) is 1.44. The quantitative estimate of drug-likeness (QED) is 0.785. The van der Waals surface area contributed by atoms with Crippen LogP contribution in [0.2, 0.25) is 5.02 Å². The lowest BCUT2D eigenvalue weighted by atomic mass is 10.1. The second kappa shape index (κ2) is 8.53. The number of halogens is 1. The number of methoxy groups -OCH3 is 2. The van der Waals surface area contributed by atoms with Crippen molar-refractivity contribution in [3.63, 3.8) is 0 Å². The molecule has 6 heteroatoms. The summed E-state index contributed by atoms with van der Waals surface area (Å²) >= 11 is 6.24. The number of benzene rings is 2. The molecule has 27 heavy (non-hydrogen) atoms. The molecule has 0 unspecified atom stereocenters. The molecular formula is C21H25ClN2O3. The van der Waals surface area contributed by atoms with Crippen molar-refractivity contribution in [2.75, 3.05) is 45.3 Å². The van der Waals surface area contributed by atoms with Gasteiger partial charge in [0, 0.05) is 36.9 Å². The lowest BCUT2D eigenvalue weighted by Gasteiger charge is -2.37. The van der Waals surface area contributed by atoms with Crippen molar-refractivity contribution in [3.05, 3.63) is 52.5 Å². The minimum Gasteiger partial charge on any atom is -0.493 e. The maximum Gasteiger partial charge on any atom is 0.227 e. The molecule has 2 aromatic carbocycles. The van der Waals surface area contributed by atoms with E-state index in [9.17, 15) is 4.79 Å². The maximum atomic E-state index is 12.7. The van der Waals surface area contributed by atoms with Gasteiger partial charge in [0.2, 0.25) is 5.91 Å². The Morgan fingerprint density at radius 2 is 1.74 bits per heavy atom. The van der Waals surface area contributed by atoms with E-state index < -0.39 is 0 Å². The highest BCUT2D eigenvalue weighted by atomic mass is 35.5. The number of hydrogen-bond donors (Lipinski definition) is 0. The van der Waals surface area contributed by atoms with E-state index in [0.717, 1.165) is 34.9 Å². The average molecular weight is 389 g/mol. The van der Waals surface area contributed by atoms with Gasteiger partial charge in [0.25, 0.3) is 0 Å². The van der Waals surface area contributed by atoms with E-state index in [0.29, 0.717) is 31.0 Å². The van der Waals surface area contributed by atoms with E-state index >= 15 is 0 Å². The monoisotopic (exact) mass is 388 g/mol. The van der Waals surface area contributed by atoms with Gasteiger partial charge in [-0.05, 0) is 42.3 Å². The number of anilines is 1. The summed E-state index contributed by atoms with van der Waals surface area (Å²) in [6.07, 6.45) is 0.358. The molecule has 0 saturated carbocycles. The van der Waals surface area contributed by atoms with Gasteiger partial charge in [-0.1, -0.05) is 23.7 Å². The summed E-state index contributed by atoms with van der Waals surface area (Å²) in [5, 5.41) is 0.777. The van der Waals surface area contributed by atoms with Gasteiger partial charge in [-0.3, -0.25) is 4.79 Å². The van der Waals surface area contributed by atoms with Gasteiger partial charge < -0.3 is 19.3 Å². The number of rotatable bonds is 5. The average Bonchev–Trinajstić information content (AvgIpc) is 2.70. The molecule has 1 heterocycles. The molecule has 1 fully saturated rings. The number of ether oxygens (including phenoxy) is 2. The Labute approximate surface area is 165 Å². The number of hydrogen-bond acceptors (Lipinski definition) is 4. The van der Waals surface area contributed by atoms with E-state index in [-0.39, 0.29) is 5.91 Å². The van der Waals surface area contributed by atoms with E-state index in [1.165, 1.54) is 0 Å². The van der Waals surface area contributed by atoms with E-state index in [1.54, 1.807) is 14.2 Å². The summed E-state index contributed by atoms with van der Waals surface area (Å²) in [6, 6.07) is 11.6. The van der Waals surface area contributed by atoms with Crippen LogP contribution in [0.4, 0.5) is 5.69 Å². The van der Waals surface area contributed by atoms with Crippen LogP contribution in [-0.2, 0) is 11.2 Å². The third kappa shape index (κ3) is 4.30. The van der Waals surface area contributed by atoms with E-state index in [1.807, 2.05) is 42.2 Å². The fourth-order valence-corrected chi connectivity index (χ4v) is 3.58. The molecule has 0 radical (unpaired) electrons. The summed E-state index contributed by atoms with van der Waals surface area (Å²) in [5.41, 5.74) is 3.16. The first-order valence-electron chi connectivity index (χ1n) is 9.02. The smallest absolute Gasteiger partial charge is 0.227 e. The van der Waals surface area contributed by atoms with Crippen LogP contribution in [0, 0.1) is 6.92 Å².